The first kappa shape index (κ1) is 23.8. The molecule has 0 saturated carbocycles. The van der Waals surface area contributed by atoms with E-state index in [-0.39, 0.29) is 29.0 Å². The Hall–Kier alpha value is -3.84. The molecule has 1 N–H and O–H groups in total. The van der Waals surface area contributed by atoms with Gasteiger partial charge in [0.05, 0.1) is 35.5 Å². The number of carbonyl (C=O) groups excluding carboxylic acids is 3. The Labute approximate surface area is 187 Å². The average molecular weight is 479 g/mol. The van der Waals surface area contributed by atoms with Crippen LogP contribution in [0.5, 0.6) is 5.75 Å². The van der Waals surface area contributed by atoms with Gasteiger partial charge in [-0.2, -0.15) is 4.79 Å². The Balaban J connectivity index is 1.85. The van der Waals surface area contributed by atoms with Crippen LogP contribution in [0.25, 0.3) is 0 Å². The maximum Gasteiger partial charge on any atom is 0.561 e. The Morgan fingerprint density at radius 3 is 2.15 bits per heavy atom. The predicted octanol–water partition coefficient (Wildman–Crippen LogP) is 0.918. The number of nitro benzene ring substituents is 1. The average Bonchev–Trinajstić information content (AvgIpc) is 3.10. The summed E-state index contributed by atoms with van der Waals surface area (Å²) in [6, 6.07) is 10.2. The van der Waals surface area contributed by atoms with Crippen LogP contribution in [0.15, 0.2) is 53.4 Å². The second-order valence-corrected chi connectivity index (χ2v) is 8.97. The van der Waals surface area contributed by atoms with E-state index < -0.39 is 49.7 Å². The van der Waals surface area contributed by atoms with Crippen molar-refractivity contribution in [2.24, 2.45) is 0 Å². The first-order valence-corrected chi connectivity index (χ1v) is 11.2. The third-order valence-electron chi connectivity index (χ3n) is 4.77. The van der Waals surface area contributed by atoms with Gasteiger partial charge in [0.1, 0.15) is 11.9 Å². The lowest BCUT2D eigenvalue weighted by atomic mass is 10.1. The number of rotatable bonds is 8. The number of nitro groups is 1. The number of quaternary nitrogens is 1. The van der Waals surface area contributed by atoms with Gasteiger partial charge in [-0.1, -0.05) is 0 Å². The smallest absolute Gasteiger partial charge is 0.497 e. The number of carbonyl (C=O) groups is 3. The minimum absolute atomic E-state index is 0.0808. The molecule has 2 aromatic rings. The standard InChI is InChI=1S/C20H18N2O10S/c1-30-15-6-8-16(9-7-15)33(28,29)12-17(13-2-4-14(5-3-13)22(26)27)31-20(25)32-21-18(23)10-11-19(21)24/h2-9,17H,10-12H2,1H3/p+1. The third-order valence-corrected chi connectivity index (χ3v) is 6.51. The maximum absolute atomic E-state index is 12.9. The monoisotopic (exact) mass is 479 g/mol. The number of hydroxylamine groups is 2. The number of methoxy groups -OCH3 is 1. The van der Waals surface area contributed by atoms with Gasteiger partial charge in [0, 0.05) is 12.1 Å². The topological polar surface area (TPSA) is 161 Å². The van der Waals surface area contributed by atoms with Crippen LogP contribution < -0.4 is 9.80 Å². The van der Waals surface area contributed by atoms with E-state index in [1.54, 1.807) is 0 Å². The van der Waals surface area contributed by atoms with Crippen molar-refractivity contribution in [3.8, 4) is 5.75 Å². The lowest BCUT2D eigenvalue weighted by Gasteiger charge is -2.18. The molecule has 1 aliphatic heterocycles. The van der Waals surface area contributed by atoms with Crippen LogP contribution in [0.4, 0.5) is 10.5 Å². The molecule has 0 aromatic heterocycles. The van der Waals surface area contributed by atoms with Crippen molar-refractivity contribution in [2.75, 3.05) is 12.9 Å². The number of ether oxygens (including phenoxy) is 2. The summed E-state index contributed by atoms with van der Waals surface area (Å²) in [6.45, 7) is 0. The highest BCUT2D eigenvalue weighted by molar-refractivity contribution is 7.91. The summed E-state index contributed by atoms with van der Waals surface area (Å²) >= 11 is 0. The highest BCUT2D eigenvalue weighted by Crippen LogP contribution is 2.26. The first-order valence-electron chi connectivity index (χ1n) is 9.53. The van der Waals surface area contributed by atoms with Gasteiger partial charge in [-0.3, -0.25) is 10.1 Å². The molecule has 1 atom stereocenters. The van der Waals surface area contributed by atoms with Crippen molar-refractivity contribution >= 4 is 33.5 Å². The summed E-state index contributed by atoms with van der Waals surface area (Å²) in [5.74, 6) is -1.61. The molecular formula is C20H19N2O10S+. The maximum atomic E-state index is 12.9. The van der Waals surface area contributed by atoms with Gasteiger partial charge in [-0.25, -0.2) is 22.8 Å². The van der Waals surface area contributed by atoms with Crippen molar-refractivity contribution in [1.29, 1.82) is 0 Å². The first-order chi connectivity index (χ1) is 15.6. The Kier molecular flexibility index (Phi) is 7.04. The van der Waals surface area contributed by atoms with Gasteiger partial charge in [0.2, 0.25) is 0 Å². The second kappa shape index (κ2) is 9.75. The molecule has 1 saturated heterocycles. The highest BCUT2D eigenvalue weighted by Gasteiger charge is 2.41. The molecule has 2 aromatic carbocycles. The molecule has 1 fully saturated rings. The minimum atomic E-state index is -4.02. The quantitative estimate of drug-likeness (QED) is 0.249. The number of amides is 2. The molecule has 2 amide bonds. The zero-order valence-electron chi connectivity index (χ0n) is 17.3. The van der Waals surface area contributed by atoms with Crippen LogP contribution in [0.2, 0.25) is 0 Å². The number of non-ortho nitro benzene ring substituents is 1. The van der Waals surface area contributed by atoms with Gasteiger partial charge < -0.3 is 9.47 Å². The van der Waals surface area contributed by atoms with Gasteiger partial charge in [0.25, 0.3) is 5.69 Å². The zero-order valence-corrected chi connectivity index (χ0v) is 18.1. The second-order valence-electron chi connectivity index (χ2n) is 6.94. The van der Waals surface area contributed by atoms with Crippen molar-refractivity contribution in [3.05, 3.63) is 64.2 Å². The van der Waals surface area contributed by atoms with E-state index in [0.717, 1.165) is 12.1 Å². The summed E-state index contributed by atoms with van der Waals surface area (Å²) in [6.07, 6.45) is -3.09. The number of hydrogen-bond donors (Lipinski definition) is 1. The van der Waals surface area contributed by atoms with Gasteiger partial charge in [0.15, 0.2) is 9.84 Å². The Morgan fingerprint density at radius 1 is 1.06 bits per heavy atom. The van der Waals surface area contributed by atoms with Crippen LogP contribution in [0, 0.1) is 10.1 Å². The minimum Gasteiger partial charge on any atom is -0.497 e. The molecule has 1 aliphatic rings. The van der Waals surface area contributed by atoms with Crippen LogP contribution in [0.1, 0.15) is 24.5 Å². The van der Waals surface area contributed by atoms with E-state index in [4.69, 9.17) is 14.3 Å². The molecule has 13 heteroatoms. The third kappa shape index (κ3) is 5.70. The molecule has 174 valence electrons. The van der Waals surface area contributed by atoms with Crippen LogP contribution >= 0.6 is 0 Å². The number of nitrogens with one attached hydrogen (secondary N) is 1. The molecule has 33 heavy (non-hydrogen) atoms. The fourth-order valence-corrected chi connectivity index (χ4v) is 4.44. The summed E-state index contributed by atoms with van der Waals surface area (Å²) in [5, 5.41) is 10.2. The van der Waals surface area contributed by atoms with E-state index in [9.17, 15) is 32.9 Å². The lowest BCUT2D eigenvalue weighted by molar-refractivity contribution is -0.935. The van der Waals surface area contributed by atoms with E-state index in [1.807, 2.05) is 0 Å². The molecule has 0 bridgehead atoms. The van der Waals surface area contributed by atoms with E-state index in [0.29, 0.717) is 5.75 Å². The fourth-order valence-electron chi connectivity index (χ4n) is 3.03. The molecule has 1 unspecified atom stereocenters. The van der Waals surface area contributed by atoms with Crippen LogP contribution in [0.3, 0.4) is 0 Å². The molecule has 0 aliphatic carbocycles. The Morgan fingerprint density at radius 2 is 1.64 bits per heavy atom. The zero-order chi connectivity index (χ0) is 24.2. The van der Waals surface area contributed by atoms with Crippen molar-refractivity contribution in [2.45, 2.75) is 23.8 Å². The number of nitrogens with zero attached hydrogens (tertiary/aromatic N) is 1. The normalized spacial score (nSPS) is 15.2. The van der Waals surface area contributed by atoms with Crippen LogP contribution in [-0.4, -0.2) is 44.2 Å². The molecule has 3 rings (SSSR count). The number of sulfone groups is 1. The molecule has 1 heterocycles. The van der Waals surface area contributed by atoms with E-state index in [1.165, 1.54) is 43.5 Å². The summed E-state index contributed by atoms with van der Waals surface area (Å²) in [4.78, 5) is 50.6. The number of imide groups is 1. The van der Waals surface area contributed by atoms with E-state index in [2.05, 4.69) is 0 Å². The van der Waals surface area contributed by atoms with Crippen molar-refractivity contribution < 1.29 is 47.1 Å². The molecule has 12 nitrogen and oxygen atoms in total. The summed E-state index contributed by atoms with van der Waals surface area (Å²) in [5.41, 5.74) is -0.125. The van der Waals surface area contributed by atoms with Crippen molar-refractivity contribution in [3.63, 3.8) is 0 Å². The van der Waals surface area contributed by atoms with E-state index >= 15 is 0 Å². The summed E-state index contributed by atoms with van der Waals surface area (Å²) in [7, 11) is -2.59. The predicted molar refractivity (Wildman–Crippen MR) is 109 cm³/mol. The lowest BCUT2D eigenvalue weighted by Crippen LogP contribution is -3.14. The Bertz CT molecular complexity index is 1160. The highest BCUT2D eigenvalue weighted by atomic mass is 32.2. The van der Waals surface area contributed by atoms with Gasteiger partial charge >= 0.3 is 18.0 Å². The molecule has 0 radical (unpaired) electrons. The van der Waals surface area contributed by atoms with Gasteiger partial charge in [-0.15, -0.1) is 0 Å². The van der Waals surface area contributed by atoms with Crippen LogP contribution in [-0.2, 0) is 29.0 Å². The fraction of sp³-hybridized carbons (Fsp3) is 0.250. The van der Waals surface area contributed by atoms with Crippen molar-refractivity contribution in [1.82, 2.24) is 0 Å². The number of hydrogen-bond acceptors (Lipinski definition) is 10. The summed E-state index contributed by atoms with van der Waals surface area (Å²) < 4.78 is 36.0. The van der Waals surface area contributed by atoms with Gasteiger partial charge in [-0.05, 0) is 47.0 Å². The SMILES string of the molecule is COc1ccc(S(=O)(=O)CC(OC(=O)O[NH+]2C(=O)CCC2=O)c2ccc([N+](=O)[O-])cc2)cc1. The molecule has 0 spiro atoms. The molecular weight excluding hydrogens is 460 g/mol. The largest absolute Gasteiger partial charge is 0.561 e. The number of benzene rings is 2.